The number of halogens is 2. The first-order chi connectivity index (χ1) is 11.1. The SMILES string of the molecule is O=C(Cn1cc(Br)cn1)N1CCN(Cc2ccccc2F)CC1. The van der Waals surface area contributed by atoms with Crippen LogP contribution in [-0.2, 0) is 17.9 Å². The van der Waals surface area contributed by atoms with Crippen molar-refractivity contribution in [3.63, 3.8) is 0 Å². The minimum absolute atomic E-state index is 0.0612. The minimum atomic E-state index is -0.171. The lowest BCUT2D eigenvalue weighted by Crippen LogP contribution is -2.49. The van der Waals surface area contributed by atoms with E-state index in [2.05, 4.69) is 25.9 Å². The smallest absolute Gasteiger partial charge is 0.244 e. The zero-order chi connectivity index (χ0) is 16.2. The van der Waals surface area contributed by atoms with Gasteiger partial charge in [-0.1, -0.05) is 18.2 Å². The number of carbonyl (C=O) groups excluding carboxylic acids is 1. The molecule has 2 aromatic rings. The molecule has 0 radical (unpaired) electrons. The molecule has 7 heteroatoms. The summed E-state index contributed by atoms with van der Waals surface area (Å²) in [6, 6.07) is 6.84. The Hall–Kier alpha value is -1.73. The van der Waals surface area contributed by atoms with Gasteiger partial charge in [0.05, 0.1) is 10.7 Å². The summed E-state index contributed by atoms with van der Waals surface area (Å²) < 4.78 is 16.2. The van der Waals surface area contributed by atoms with E-state index >= 15 is 0 Å². The molecule has 1 fully saturated rings. The average Bonchev–Trinajstić information content (AvgIpc) is 2.95. The molecule has 2 heterocycles. The van der Waals surface area contributed by atoms with Gasteiger partial charge < -0.3 is 4.90 Å². The monoisotopic (exact) mass is 380 g/mol. The molecule has 23 heavy (non-hydrogen) atoms. The molecule has 0 N–H and O–H groups in total. The van der Waals surface area contributed by atoms with Crippen LogP contribution in [0.15, 0.2) is 41.1 Å². The Kier molecular flexibility index (Phi) is 5.07. The second kappa shape index (κ2) is 7.23. The van der Waals surface area contributed by atoms with Gasteiger partial charge in [0.1, 0.15) is 12.4 Å². The van der Waals surface area contributed by atoms with Gasteiger partial charge in [-0.25, -0.2) is 4.39 Å². The van der Waals surface area contributed by atoms with E-state index in [-0.39, 0.29) is 18.3 Å². The lowest BCUT2D eigenvalue weighted by Gasteiger charge is -2.34. The van der Waals surface area contributed by atoms with E-state index < -0.39 is 0 Å². The standard InChI is InChI=1S/C16H18BrFN4O/c17-14-9-19-22(11-14)12-16(23)21-7-5-20(6-8-21)10-13-3-1-2-4-15(13)18/h1-4,9,11H,5-8,10,12H2. The molecule has 1 amide bonds. The van der Waals surface area contributed by atoms with E-state index in [1.54, 1.807) is 23.1 Å². The first kappa shape index (κ1) is 16.1. The average molecular weight is 381 g/mol. The summed E-state index contributed by atoms with van der Waals surface area (Å²) in [4.78, 5) is 16.3. The van der Waals surface area contributed by atoms with Crippen LogP contribution >= 0.6 is 15.9 Å². The number of amides is 1. The minimum Gasteiger partial charge on any atom is -0.339 e. The quantitative estimate of drug-likeness (QED) is 0.815. The van der Waals surface area contributed by atoms with Crippen LogP contribution < -0.4 is 0 Å². The molecule has 1 aromatic heterocycles. The topological polar surface area (TPSA) is 41.4 Å². The van der Waals surface area contributed by atoms with Crippen molar-refractivity contribution in [3.8, 4) is 0 Å². The normalized spacial score (nSPS) is 15.8. The summed E-state index contributed by atoms with van der Waals surface area (Å²) in [5, 5.41) is 4.10. The molecule has 0 spiro atoms. The van der Waals surface area contributed by atoms with Crippen molar-refractivity contribution in [3.05, 3.63) is 52.5 Å². The van der Waals surface area contributed by atoms with Crippen molar-refractivity contribution in [2.75, 3.05) is 26.2 Å². The number of nitrogens with zero attached hydrogens (tertiary/aromatic N) is 4. The number of hydrogen-bond donors (Lipinski definition) is 0. The lowest BCUT2D eigenvalue weighted by atomic mass is 10.2. The molecule has 0 aliphatic carbocycles. The number of hydrogen-bond acceptors (Lipinski definition) is 3. The third-order valence-electron chi connectivity index (χ3n) is 3.98. The van der Waals surface area contributed by atoms with Gasteiger partial charge in [0.15, 0.2) is 0 Å². The van der Waals surface area contributed by atoms with Crippen LogP contribution in [0.4, 0.5) is 4.39 Å². The van der Waals surface area contributed by atoms with Gasteiger partial charge in [-0.05, 0) is 22.0 Å². The number of benzene rings is 1. The zero-order valence-corrected chi connectivity index (χ0v) is 14.2. The summed E-state index contributed by atoms with van der Waals surface area (Å²) in [6.45, 7) is 3.66. The maximum absolute atomic E-state index is 13.7. The Morgan fingerprint density at radius 1 is 1.22 bits per heavy atom. The molecule has 0 atom stereocenters. The van der Waals surface area contributed by atoms with Crippen LogP contribution in [0.5, 0.6) is 0 Å². The molecule has 1 aliphatic heterocycles. The highest BCUT2D eigenvalue weighted by molar-refractivity contribution is 9.10. The highest BCUT2D eigenvalue weighted by Gasteiger charge is 2.22. The number of carbonyl (C=O) groups is 1. The van der Waals surface area contributed by atoms with E-state index in [0.29, 0.717) is 25.2 Å². The van der Waals surface area contributed by atoms with Gasteiger partial charge in [0.25, 0.3) is 0 Å². The molecule has 3 rings (SSSR count). The first-order valence-corrected chi connectivity index (χ1v) is 8.32. The maximum atomic E-state index is 13.7. The van der Waals surface area contributed by atoms with Crippen LogP contribution in [0.2, 0.25) is 0 Å². The molecule has 0 saturated carbocycles. The summed E-state index contributed by atoms with van der Waals surface area (Å²) in [5.41, 5.74) is 0.702. The van der Waals surface area contributed by atoms with Crippen LogP contribution in [-0.4, -0.2) is 51.7 Å². The third-order valence-corrected chi connectivity index (χ3v) is 4.39. The van der Waals surface area contributed by atoms with E-state index in [1.807, 2.05) is 17.0 Å². The van der Waals surface area contributed by atoms with E-state index in [9.17, 15) is 9.18 Å². The van der Waals surface area contributed by atoms with Crippen molar-refractivity contribution in [2.24, 2.45) is 0 Å². The molecular weight excluding hydrogens is 363 g/mol. The summed E-state index contributed by atoms with van der Waals surface area (Å²) in [5.74, 6) is -0.110. The van der Waals surface area contributed by atoms with Crippen molar-refractivity contribution in [1.82, 2.24) is 19.6 Å². The molecule has 1 aromatic carbocycles. The Labute approximate surface area is 142 Å². The van der Waals surface area contributed by atoms with Gasteiger partial charge in [0.2, 0.25) is 5.91 Å². The fourth-order valence-electron chi connectivity index (χ4n) is 2.69. The summed E-state index contributed by atoms with van der Waals surface area (Å²) in [6.07, 6.45) is 3.45. The Morgan fingerprint density at radius 3 is 2.61 bits per heavy atom. The first-order valence-electron chi connectivity index (χ1n) is 7.53. The van der Waals surface area contributed by atoms with Crippen LogP contribution in [0.1, 0.15) is 5.56 Å². The summed E-state index contributed by atoms with van der Waals surface area (Å²) in [7, 11) is 0. The van der Waals surface area contributed by atoms with Gasteiger partial charge in [0, 0.05) is 44.5 Å². The summed E-state index contributed by atoms with van der Waals surface area (Å²) >= 11 is 3.32. The Morgan fingerprint density at radius 2 is 1.96 bits per heavy atom. The highest BCUT2D eigenvalue weighted by Crippen LogP contribution is 2.12. The van der Waals surface area contributed by atoms with E-state index in [4.69, 9.17) is 0 Å². The lowest BCUT2D eigenvalue weighted by molar-refractivity contribution is -0.133. The largest absolute Gasteiger partial charge is 0.339 e. The molecule has 0 bridgehead atoms. The fourth-order valence-corrected chi connectivity index (χ4v) is 3.01. The molecule has 0 unspecified atom stereocenters. The van der Waals surface area contributed by atoms with Crippen LogP contribution in [0, 0.1) is 5.82 Å². The van der Waals surface area contributed by atoms with Crippen molar-refractivity contribution in [1.29, 1.82) is 0 Å². The van der Waals surface area contributed by atoms with E-state index in [0.717, 1.165) is 17.6 Å². The van der Waals surface area contributed by atoms with Crippen molar-refractivity contribution in [2.45, 2.75) is 13.1 Å². The predicted molar refractivity (Wildman–Crippen MR) is 88.2 cm³/mol. The predicted octanol–water partition coefficient (Wildman–Crippen LogP) is 2.13. The molecular formula is C16H18BrFN4O. The van der Waals surface area contributed by atoms with Crippen molar-refractivity contribution >= 4 is 21.8 Å². The van der Waals surface area contributed by atoms with Crippen molar-refractivity contribution < 1.29 is 9.18 Å². The Balaban J connectivity index is 1.50. The second-order valence-electron chi connectivity index (χ2n) is 5.60. The third kappa shape index (κ3) is 4.17. The van der Waals surface area contributed by atoms with Gasteiger partial charge in [-0.15, -0.1) is 0 Å². The number of rotatable bonds is 4. The zero-order valence-electron chi connectivity index (χ0n) is 12.7. The second-order valence-corrected chi connectivity index (χ2v) is 6.52. The van der Waals surface area contributed by atoms with E-state index in [1.165, 1.54) is 6.07 Å². The van der Waals surface area contributed by atoms with Gasteiger partial charge in [-0.3, -0.25) is 14.4 Å². The molecule has 1 aliphatic rings. The molecule has 5 nitrogen and oxygen atoms in total. The number of piperazine rings is 1. The molecule has 122 valence electrons. The highest BCUT2D eigenvalue weighted by atomic mass is 79.9. The van der Waals surface area contributed by atoms with Crippen LogP contribution in [0.3, 0.4) is 0 Å². The fraction of sp³-hybridized carbons (Fsp3) is 0.375. The van der Waals surface area contributed by atoms with Gasteiger partial charge >= 0.3 is 0 Å². The Bertz CT molecular complexity index is 682. The maximum Gasteiger partial charge on any atom is 0.244 e. The molecule has 1 saturated heterocycles. The number of aromatic nitrogens is 2. The van der Waals surface area contributed by atoms with Crippen LogP contribution in [0.25, 0.3) is 0 Å². The van der Waals surface area contributed by atoms with Gasteiger partial charge in [-0.2, -0.15) is 5.10 Å².